The van der Waals surface area contributed by atoms with Crippen LogP contribution < -0.4 is 10.9 Å². The lowest BCUT2D eigenvalue weighted by atomic mass is 10.0. The summed E-state index contributed by atoms with van der Waals surface area (Å²) in [4.78, 5) is 44.2. The highest BCUT2D eigenvalue weighted by Crippen LogP contribution is 2.19. The number of carbonyl (C=O) groups excluding carboxylic acids is 2. The highest BCUT2D eigenvalue weighted by molar-refractivity contribution is 6.31. The van der Waals surface area contributed by atoms with Crippen molar-refractivity contribution < 1.29 is 18.7 Å². The lowest BCUT2D eigenvalue weighted by Crippen LogP contribution is -2.21. The van der Waals surface area contributed by atoms with Crippen LogP contribution in [-0.2, 0) is 16.0 Å². The van der Waals surface area contributed by atoms with Gasteiger partial charge in [-0.15, -0.1) is 0 Å². The van der Waals surface area contributed by atoms with E-state index in [-0.39, 0.29) is 28.3 Å². The second kappa shape index (κ2) is 9.62. The second-order valence-electron chi connectivity index (χ2n) is 7.12. The summed E-state index contributed by atoms with van der Waals surface area (Å²) in [6.07, 6.45) is 0.186. The number of rotatable bonds is 6. The zero-order valence-corrected chi connectivity index (χ0v) is 17.9. The summed E-state index contributed by atoms with van der Waals surface area (Å²) in [5.74, 6) is -1.53. The van der Waals surface area contributed by atoms with E-state index in [1.54, 1.807) is 48.5 Å². The Kier molecular flexibility index (Phi) is 6.46. The lowest BCUT2D eigenvalue weighted by molar-refractivity contribution is -0.119. The van der Waals surface area contributed by atoms with Crippen LogP contribution in [0.4, 0.5) is 10.1 Å². The quantitative estimate of drug-likeness (QED) is 0.417. The molecule has 4 aromatic rings. The number of halogens is 2. The average molecular weight is 466 g/mol. The van der Waals surface area contributed by atoms with Crippen molar-refractivity contribution in [3.8, 4) is 0 Å². The summed E-state index contributed by atoms with van der Waals surface area (Å²) in [6, 6.07) is 17.4. The summed E-state index contributed by atoms with van der Waals surface area (Å²) >= 11 is 5.69. The Balaban J connectivity index is 1.45. The minimum atomic E-state index is -0.707. The summed E-state index contributed by atoms with van der Waals surface area (Å²) in [5, 5.41) is 2.81. The number of carbonyl (C=O) groups is 2. The van der Waals surface area contributed by atoms with Gasteiger partial charge in [0.1, 0.15) is 11.6 Å². The molecule has 0 unspecified atom stereocenters. The van der Waals surface area contributed by atoms with E-state index in [4.69, 9.17) is 16.3 Å². The Morgan fingerprint density at radius 1 is 1.06 bits per heavy atom. The van der Waals surface area contributed by atoms with Crippen LogP contribution in [0.25, 0.3) is 10.9 Å². The molecular formula is C24H17ClFN3O4. The molecule has 166 valence electrons. The van der Waals surface area contributed by atoms with Gasteiger partial charge >= 0.3 is 5.97 Å². The van der Waals surface area contributed by atoms with E-state index in [0.29, 0.717) is 22.3 Å². The normalized spacial score (nSPS) is 10.7. The molecule has 33 heavy (non-hydrogen) atoms. The van der Waals surface area contributed by atoms with Crippen LogP contribution in [0.5, 0.6) is 0 Å². The molecular weight excluding hydrogens is 449 g/mol. The van der Waals surface area contributed by atoms with Crippen molar-refractivity contribution in [2.75, 3.05) is 11.9 Å². The highest BCUT2D eigenvalue weighted by atomic mass is 35.5. The molecule has 0 fully saturated rings. The van der Waals surface area contributed by atoms with Gasteiger partial charge in [-0.3, -0.25) is 9.59 Å². The van der Waals surface area contributed by atoms with Crippen LogP contribution >= 0.6 is 11.6 Å². The first-order valence-corrected chi connectivity index (χ1v) is 10.3. The zero-order chi connectivity index (χ0) is 23.4. The molecule has 0 bridgehead atoms. The van der Waals surface area contributed by atoms with E-state index >= 15 is 0 Å². The third kappa shape index (κ3) is 5.24. The third-order valence-electron chi connectivity index (χ3n) is 4.79. The average Bonchev–Trinajstić information content (AvgIpc) is 2.80. The van der Waals surface area contributed by atoms with E-state index < -0.39 is 24.3 Å². The van der Waals surface area contributed by atoms with Gasteiger partial charge in [-0.25, -0.2) is 14.2 Å². The third-order valence-corrected chi connectivity index (χ3v) is 5.08. The van der Waals surface area contributed by atoms with Gasteiger partial charge in [0.25, 0.3) is 11.5 Å². The first kappa shape index (κ1) is 22.2. The Morgan fingerprint density at radius 2 is 1.82 bits per heavy atom. The minimum absolute atomic E-state index is 0.140. The number of benzene rings is 3. The number of hydrogen-bond donors (Lipinski definition) is 2. The number of H-pyrrole nitrogens is 1. The predicted molar refractivity (Wildman–Crippen MR) is 122 cm³/mol. The van der Waals surface area contributed by atoms with E-state index in [2.05, 4.69) is 15.3 Å². The molecule has 0 saturated heterocycles. The van der Waals surface area contributed by atoms with Gasteiger partial charge in [-0.2, -0.15) is 0 Å². The maximum absolute atomic E-state index is 13.2. The molecule has 1 amide bonds. The number of anilines is 1. The van der Waals surface area contributed by atoms with Crippen LogP contribution in [0.2, 0.25) is 5.02 Å². The van der Waals surface area contributed by atoms with Crippen molar-refractivity contribution in [2.24, 2.45) is 0 Å². The van der Waals surface area contributed by atoms with Crippen LogP contribution in [0.1, 0.15) is 21.7 Å². The summed E-state index contributed by atoms with van der Waals surface area (Å²) < 4.78 is 18.4. The molecule has 7 nitrogen and oxygen atoms in total. The van der Waals surface area contributed by atoms with Gasteiger partial charge in [0.2, 0.25) is 0 Å². The molecule has 9 heteroatoms. The molecule has 1 aromatic heterocycles. The fourth-order valence-electron chi connectivity index (χ4n) is 3.25. The summed E-state index contributed by atoms with van der Waals surface area (Å²) in [5.41, 5.74) is 1.37. The van der Waals surface area contributed by atoms with E-state index in [0.717, 1.165) is 6.07 Å². The van der Waals surface area contributed by atoms with Gasteiger partial charge in [0, 0.05) is 12.1 Å². The Bertz CT molecular complexity index is 1420. The SMILES string of the molecule is O=C(COC(=O)c1ccccc1Cc1nc2ccccc2c(=O)[nH]1)Nc1ccc(F)c(Cl)c1. The van der Waals surface area contributed by atoms with Gasteiger partial charge in [0.05, 0.1) is 21.5 Å². The standard InChI is InChI=1S/C24H17ClFN3O4/c25-18-12-15(9-10-19(18)26)27-22(30)13-33-24(32)16-6-2-1-5-14(16)11-21-28-20-8-4-3-7-17(20)23(31)29-21/h1-10,12H,11,13H2,(H,27,30)(H,28,29,31). The van der Waals surface area contributed by atoms with Crippen LogP contribution in [-0.4, -0.2) is 28.5 Å². The van der Waals surface area contributed by atoms with Crippen molar-refractivity contribution in [2.45, 2.75) is 6.42 Å². The smallest absolute Gasteiger partial charge is 0.338 e. The molecule has 4 rings (SSSR count). The van der Waals surface area contributed by atoms with Crippen molar-refractivity contribution in [3.05, 3.63) is 105 Å². The van der Waals surface area contributed by atoms with Crippen molar-refractivity contribution >= 4 is 40.1 Å². The Hall–Kier alpha value is -4.04. The molecule has 0 spiro atoms. The Morgan fingerprint density at radius 3 is 2.64 bits per heavy atom. The number of ether oxygens (including phenoxy) is 1. The molecule has 0 aliphatic heterocycles. The number of esters is 1. The lowest BCUT2D eigenvalue weighted by Gasteiger charge is -2.10. The topological polar surface area (TPSA) is 101 Å². The number of aromatic amines is 1. The molecule has 0 aliphatic rings. The fourth-order valence-corrected chi connectivity index (χ4v) is 3.43. The van der Waals surface area contributed by atoms with Gasteiger partial charge in [-0.1, -0.05) is 41.9 Å². The zero-order valence-electron chi connectivity index (χ0n) is 17.1. The second-order valence-corrected chi connectivity index (χ2v) is 7.52. The van der Waals surface area contributed by atoms with Crippen LogP contribution in [0, 0.1) is 5.82 Å². The number of fused-ring (bicyclic) bond motifs is 1. The Labute approximate surface area is 192 Å². The number of nitrogens with one attached hydrogen (secondary N) is 2. The molecule has 3 aromatic carbocycles. The highest BCUT2D eigenvalue weighted by Gasteiger charge is 2.16. The maximum atomic E-state index is 13.2. The van der Waals surface area contributed by atoms with Gasteiger partial charge in [-0.05, 0) is 42.0 Å². The first-order chi connectivity index (χ1) is 15.9. The van der Waals surface area contributed by atoms with Crippen molar-refractivity contribution in [3.63, 3.8) is 0 Å². The number of aromatic nitrogens is 2. The van der Waals surface area contributed by atoms with Gasteiger partial charge in [0.15, 0.2) is 6.61 Å². The van der Waals surface area contributed by atoms with Crippen molar-refractivity contribution in [1.82, 2.24) is 9.97 Å². The number of hydrogen-bond acceptors (Lipinski definition) is 5. The fraction of sp³-hybridized carbons (Fsp3) is 0.0833. The molecule has 0 radical (unpaired) electrons. The van der Waals surface area contributed by atoms with E-state index in [1.165, 1.54) is 12.1 Å². The molecule has 1 heterocycles. The largest absolute Gasteiger partial charge is 0.452 e. The maximum Gasteiger partial charge on any atom is 0.338 e. The minimum Gasteiger partial charge on any atom is -0.452 e. The molecule has 2 N–H and O–H groups in total. The van der Waals surface area contributed by atoms with Crippen LogP contribution in [0.15, 0.2) is 71.5 Å². The van der Waals surface area contributed by atoms with Crippen molar-refractivity contribution in [1.29, 1.82) is 0 Å². The summed E-state index contributed by atoms with van der Waals surface area (Å²) in [7, 11) is 0. The number of nitrogens with zero attached hydrogens (tertiary/aromatic N) is 1. The molecule has 0 aliphatic carbocycles. The van der Waals surface area contributed by atoms with E-state index in [1.807, 2.05) is 0 Å². The summed E-state index contributed by atoms with van der Waals surface area (Å²) in [6.45, 7) is -0.548. The van der Waals surface area contributed by atoms with Gasteiger partial charge < -0.3 is 15.0 Å². The predicted octanol–water partition coefficient (Wildman–Crippen LogP) is 4.10. The van der Waals surface area contributed by atoms with E-state index in [9.17, 15) is 18.8 Å². The molecule has 0 saturated carbocycles. The molecule has 0 atom stereocenters. The number of para-hydroxylation sites is 1. The monoisotopic (exact) mass is 465 g/mol. The number of amides is 1. The van der Waals surface area contributed by atoms with Crippen LogP contribution in [0.3, 0.4) is 0 Å². The first-order valence-electron chi connectivity index (χ1n) is 9.88.